The Bertz CT molecular complexity index is 2140. The van der Waals surface area contributed by atoms with E-state index in [1.165, 1.54) is 0 Å². The van der Waals surface area contributed by atoms with Crippen LogP contribution in [0.3, 0.4) is 0 Å². The van der Waals surface area contributed by atoms with Gasteiger partial charge in [-0.05, 0) is 31.0 Å². The van der Waals surface area contributed by atoms with Crippen molar-refractivity contribution in [1.82, 2.24) is 35.8 Å². The van der Waals surface area contributed by atoms with Gasteiger partial charge in [0.15, 0.2) is 0 Å². The van der Waals surface area contributed by atoms with Crippen LogP contribution in [0.4, 0.5) is 0 Å². The fraction of sp³-hybridized carbons (Fsp3) is 0.316. The van der Waals surface area contributed by atoms with E-state index >= 15 is 0 Å². The van der Waals surface area contributed by atoms with Crippen molar-refractivity contribution in [1.29, 1.82) is 0 Å². The summed E-state index contributed by atoms with van der Waals surface area (Å²) >= 11 is 21.2. The number of carbonyl (C=O) groups excluding carboxylic acids is 2. The second-order valence-corrected chi connectivity index (χ2v) is 14.1. The number of pyridine rings is 2. The summed E-state index contributed by atoms with van der Waals surface area (Å²) in [6, 6.07) is 19.7. The van der Waals surface area contributed by atoms with E-state index < -0.39 is 0 Å². The van der Waals surface area contributed by atoms with Gasteiger partial charge in [0, 0.05) is 86.0 Å². The van der Waals surface area contributed by atoms with Gasteiger partial charge in [0.25, 0.3) is 0 Å². The smallest absolute Gasteiger partial charge is 0.220 e. The number of aryl methyl sites for hydroxylation is 1. The molecule has 0 radical (unpaired) electrons. The van der Waals surface area contributed by atoms with E-state index in [1.54, 1.807) is 7.11 Å². The zero-order valence-corrected chi connectivity index (χ0v) is 30.6. The lowest BCUT2D eigenvalue weighted by molar-refractivity contribution is -0.120. The topological polar surface area (TPSA) is 122 Å². The number of benzene rings is 2. The molecule has 7 rings (SSSR count). The van der Waals surface area contributed by atoms with E-state index in [9.17, 15) is 9.59 Å². The Balaban J connectivity index is 1.12. The van der Waals surface area contributed by atoms with Crippen LogP contribution in [0, 0.1) is 0 Å². The monoisotopic (exact) mass is 745 g/mol. The van der Waals surface area contributed by atoms with Gasteiger partial charge in [-0.15, -0.1) is 0 Å². The molecule has 0 bridgehead atoms. The Morgan fingerprint density at radius 2 is 1.29 bits per heavy atom. The second kappa shape index (κ2) is 15.2. The molecule has 2 atom stereocenters. The third-order valence-electron chi connectivity index (χ3n) is 9.63. The van der Waals surface area contributed by atoms with Gasteiger partial charge in [-0.1, -0.05) is 77.3 Å². The number of nitrogens with one attached hydrogen (secondary N) is 4. The van der Waals surface area contributed by atoms with E-state index in [4.69, 9.17) is 49.5 Å². The number of aromatic nitrogens is 3. The summed E-state index contributed by atoms with van der Waals surface area (Å²) < 4.78 is 7.70. The average molecular weight is 747 g/mol. The SMILES string of the molecule is COc1nc(-c2cccc(-c3cccc(-c4ccc5c(n4)c(Cl)c(CNC[C@@H]4CCC(=O)N4)n5C)c3Cl)c2Cl)ccc1CNC[C@@H]1CCC(=O)N1. The maximum Gasteiger partial charge on any atom is 0.220 e. The largest absolute Gasteiger partial charge is 0.481 e. The molecule has 2 aliphatic rings. The van der Waals surface area contributed by atoms with Gasteiger partial charge < -0.3 is 30.6 Å². The van der Waals surface area contributed by atoms with Crippen LogP contribution in [0.1, 0.15) is 36.9 Å². The molecule has 10 nitrogen and oxygen atoms in total. The third-order valence-corrected chi connectivity index (χ3v) is 10.8. The van der Waals surface area contributed by atoms with Crippen LogP contribution in [-0.2, 0) is 29.7 Å². The molecule has 0 unspecified atom stereocenters. The maximum absolute atomic E-state index is 11.6. The molecule has 0 saturated carbocycles. The van der Waals surface area contributed by atoms with E-state index in [-0.39, 0.29) is 23.9 Å². The maximum atomic E-state index is 11.6. The molecule has 0 spiro atoms. The first-order valence-electron chi connectivity index (χ1n) is 17.0. The molecule has 5 aromatic rings. The predicted molar refractivity (Wildman–Crippen MR) is 202 cm³/mol. The molecule has 0 aliphatic carbocycles. The van der Waals surface area contributed by atoms with E-state index in [2.05, 4.69) is 21.3 Å². The van der Waals surface area contributed by atoms with Gasteiger partial charge in [0.05, 0.1) is 44.8 Å². The van der Waals surface area contributed by atoms with Gasteiger partial charge >= 0.3 is 0 Å². The summed E-state index contributed by atoms with van der Waals surface area (Å²) in [5.74, 6) is 0.694. The summed E-state index contributed by atoms with van der Waals surface area (Å²) in [5, 5.41) is 14.4. The molecule has 2 amide bonds. The molecule has 2 aliphatic heterocycles. The Morgan fingerprint density at radius 1 is 0.745 bits per heavy atom. The standard InChI is InChI=1S/C38H38Cl3N7O3/c1-48-30-14-13-28(46-37(30)36(41)31(48)20-43-19-23-11-16-33(50)45-23)26-7-3-5-24(34(26)39)25-6-4-8-27(35(25)40)29-12-9-21(38(47-29)51-2)17-42-18-22-10-15-32(49)44-22/h3-9,12-14,22-23,42-43H,10-11,15-20H2,1-2H3,(H,44,49)(H,45,50)/t22-,23-/m0/s1. The van der Waals surface area contributed by atoms with Crippen molar-refractivity contribution in [2.45, 2.75) is 50.9 Å². The first-order valence-corrected chi connectivity index (χ1v) is 18.1. The van der Waals surface area contributed by atoms with Crippen molar-refractivity contribution in [3.63, 3.8) is 0 Å². The third kappa shape index (κ3) is 7.29. The van der Waals surface area contributed by atoms with Gasteiger partial charge in [0.1, 0.15) is 5.52 Å². The highest BCUT2D eigenvalue weighted by Crippen LogP contribution is 2.42. The summed E-state index contributed by atoms with van der Waals surface area (Å²) in [5.41, 5.74) is 7.79. The molecule has 3 aromatic heterocycles. The number of carbonyl (C=O) groups is 2. The normalized spacial score (nSPS) is 17.3. The molecule has 13 heteroatoms. The summed E-state index contributed by atoms with van der Waals surface area (Å²) in [4.78, 5) is 32.9. The second-order valence-electron chi connectivity index (χ2n) is 13.0. The van der Waals surface area contributed by atoms with Gasteiger partial charge in [-0.3, -0.25) is 9.59 Å². The van der Waals surface area contributed by atoms with Crippen LogP contribution < -0.4 is 26.0 Å². The van der Waals surface area contributed by atoms with Crippen LogP contribution in [0.5, 0.6) is 5.88 Å². The number of hydrogen-bond acceptors (Lipinski definition) is 7. The zero-order valence-electron chi connectivity index (χ0n) is 28.3. The lowest BCUT2D eigenvalue weighted by Crippen LogP contribution is -2.35. The Morgan fingerprint density at radius 3 is 1.86 bits per heavy atom. The van der Waals surface area contributed by atoms with Crippen LogP contribution in [0.2, 0.25) is 15.1 Å². The quantitative estimate of drug-likeness (QED) is 0.113. The molecule has 264 valence electrons. The number of ether oxygens (including phenoxy) is 1. The van der Waals surface area contributed by atoms with Crippen molar-refractivity contribution in [3.05, 3.63) is 87.0 Å². The average Bonchev–Trinajstić information content (AvgIpc) is 3.82. The molecule has 2 saturated heterocycles. The van der Waals surface area contributed by atoms with Crippen LogP contribution in [0.25, 0.3) is 44.7 Å². The van der Waals surface area contributed by atoms with Gasteiger partial charge in [-0.2, -0.15) is 0 Å². The Kier molecular flexibility index (Phi) is 10.5. The highest BCUT2D eigenvalue weighted by molar-refractivity contribution is 6.39. The summed E-state index contributed by atoms with van der Waals surface area (Å²) in [6.45, 7) is 2.44. The lowest BCUT2D eigenvalue weighted by atomic mass is 9.98. The van der Waals surface area contributed by atoms with E-state index in [1.807, 2.05) is 72.3 Å². The number of methoxy groups -OCH3 is 1. The van der Waals surface area contributed by atoms with Crippen LogP contribution >= 0.6 is 34.8 Å². The lowest BCUT2D eigenvalue weighted by Gasteiger charge is -2.15. The van der Waals surface area contributed by atoms with Crippen molar-refractivity contribution in [2.75, 3.05) is 20.2 Å². The number of nitrogens with zero attached hydrogens (tertiary/aromatic N) is 3. The fourth-order valence-electron chi connectivity index (χ4n) is 6.87. The number of fused-ring (bicyclic) bond motifs is 1. The van der Waals surface area contributed by atoms with Gasteiger partial charge in [0.2, 0.25) is 17.7 Å². The highest BCUT2D eigenvalue weighted by Gasteiger charge is 2.23. The minimum Gasteiger partial charge on any atom is -0.481 e. The minimum atomic E-state index is 0.0972. The number of halogens is 3. The fourth-order valence-corrected chi connectivity index (χ4v) is 7.85. The highest BCUT2D eigenvalue weighted by atomic mass is 35.5. The molecule has 2 aromatic carbocycles. The van der Waals surface area contributed by atoms with Crippen LogP contribution in [0.15, 0.2) is 60.7 Å². The number of hydrogen-bond donors (Lipinski definition) is 4. The number of amides is 2. The van der Waals surface area contributed by atoms with E-state index in [0.717, 1.165) is 51.9 Å². The van der Waals surface area contributed by atoms with Crippen LogP contribution in [-0.4, -0.2) is 58.6 Å². The number of rotatable bonds is 12. The first-order chi connectivity index (χ1) is 24.7. The molecule has 5 heterocycles. The molecule has 51 heavy (non-hydrogen) atoms. The molecule has 4 N–H and O–H groups in total. The zero-order chi connectivity index (χ0) is 35.6. The molecular weight excluding hydrogens is 709 g/mol. The van der Waals surface area contributed by atoms with Crippen molar-refractivity contribution in [2.24, 2.45) is 7.05 Å². The van der Waals surface area contributed by atoms with Crippen molar-refractivity contribution in [3.8, 4) is 39.5 Å². The van der Waals surface area contributed by atoms with Gasteiger partial charge in [-0.25, -0.2) is 9.97 Å². The molecule has 2 fully saturated rings. The van der Waals surface area contributed by atoms with Crippen molar-refractivity contribution < 1.29 is 14.3 Å². The summed E-state index contributed by atoms with van der Waals surface area (Å²) in [7, 11) is 3.57. The molecular formula is C38H38Cl3N7O3. The Labute approximate surface area is 311 Å². The predicted octanol–water partition coefficient (Wildman–Crippen LogP) is 6.67. The Hall–Kier alpha value is -4.19. The minimum absolute atomic E-state index is 0.0972. The van der Waals surface area contributed by atoms with Crippen molar-refractivity contribution >= 4 is 57.7 Å². The summed E-state index contributed by atoms with van der Waals surface area (Å²) in [6.07, 6.45) is 2.80. The first kappa shape index (κ1) is 35.2. The van der Waals surface area contributed by atoms with E-state index in [0.29, 0.717) is 76.9 Å².